The van der Waals surface area contributed by atoms with Gasteiger partial charge in [0.1, 0.15) is 0 Å². The number of amides is 2. The van der Waals surface area contributed by atoms with Crippen molar-refractivity contribution < 1.29 is 18.0 Å². The quantitative estimate of drug-likeness (QED) is 0.674. The largest absolute Gasteiger partial charge is 0.416 e. The summed E-state index contributed by atoms with van der Waals surface area (Å²) in [5.74, 6) is 0. The molecule has 1 aliphatic heterocycles. The number of unbranched alkanes of at least 4 members (excludes halogenated alkanes) is 1. The highest BCUT2D eigenvalue weighted by Crippen LogP contribution is 2.32. The Morgan fingerprint density at radius 3 is 2.43 bits per heavy atom. The van der Waals surface area contributed by atoms with Crippen molar-refractivity contribution >= 4 is 17.4 Å². The summed E-state index contributed by atoms with van der Waals surface area (Å²) in [4.78, 5) is 16.2. The molecule has 1 heterocycles. The zero-order chi connectivity index (χ0) is 21.7. The van der Waals surface area contributed by atoms with Crippen LogP contribution in [0.3, 0.4) is 0 Å². The summed E-state index contributed by atoms with van der Waals surface area (Å²) in [6.45, 7) is 6.03. The van der Waals surface area contributed by atoms with Gasteiger partial charge in [0.05, 0.1) is 5.56 Å². The molecule has 0 atom stereocenters. The number of nitrogens with one attached hydrogen (secondary N) is 1. The van der Waals surface area contributed by atoms with Gasteiger partial charge in [0.25, 0.3) is 0 Å². The van der Waals surface area contributed by atoms with Crippen LogP contribution in [0, 0.1) is 6.92 Å². The van der Waals surface area contributed by atoms with Crippen molar-refractivity contribution in [2.24, 2.45) is 0 Å². The van der Waals surface area contributed by atoms with E-state index in [1.165, 1.54) is 17.7 Å². The van der Waals surface area contributed by atoms with Gasteiger partial charge in [0, 0.05) is 37.6 Å². The molecule has 0 saturated carbocycles. The van der Waals surface area contributed by atoms with E-state index in [4.69, 9.17) is 0 Å². The van der Waals surface area contributed by atoms with Crippen LogP contribution in [0.25, 0.3) is 0 Å². The Morgan fingerprint density at radius 2 is 1.80 bits per heavy atom. The number of anilines is 2. The van der Waals surface area contributed by atoms with Crippen molar-refractivity contribution in [2.75, 3.05) is 36.4 Å². The van der Waals surface area contributed by atoms with Gasteiger partial charge in [-0.2, -0.15) is 13.2 Å². The minimum atomic E-state index is -4.36. The van der Waals surface area contributed by atoms with Crippen molar-refractivity contribution in [3.63, 3.8) is 0 Å². The average Bonchev–Trinajstić information content (AvgIpc) is 2.73. The van der Waals surface area contributed by atoms with Crippen LogP contribution in [0.4, 0.5) is 29.3 Å². The van der Waals surface area contributed by atoms with Gasteiger partial charge in [0.2, 0.25) is 0 Å². The highest BCUT2D eigenvalue weighted by atomic mass is 19.4. The van der Waals surface area contributed by atoms with Crippen LogP contribution >= 0.6 is 0 Å². The molecule has 0 aliphatic carbocycles. The first-order valence-corrected chi connectivity index (χ1v) is 10.4. The van der Waals surface area contributed by atoms with E-state index in [1.54, 1.807) is 11.0 Å². The van der Waals surface area contributed by atoms with Crippen LogP contribution in [0.5, 0.6) is 0 Å². The molecule has 0 aromatic heterocycles. The number of alkyl halides is 3. The normalized spacial score (nSPS) is 14.7. The fraction of sp³-hybridized carbons (Fsp3) is 0.435. The van der Waals surface area contributed by atoms with Crippen LogP contribution in [0.15, 0.2) is 42.5 Å². The van der Waals surface area contributed by atoms with Crippen molar-refractivity contribution in [1.82, 2.24) is 4.90 Å². The number of urea groups is 1. The van der Waals surface area contributed by atoms with Gasteiger partial charge < -0.3 is 15.1 Å². The van der Waals surface area contributed by atoms with E-state index >= 15 is 0 Å². The van der Waals surface area contributed by atoms with Gasteiger partial charge in [-0.25, -0.2) is 4.79 Å². The molecule has 2 aromatic rings. The fourth-order valence-electron chi connectivity index (χ4n) is 3.64. The van der Waals surface area contributed by atoms with E-state index in [0.717, 1.165) is 36.6 Å². The SMILES string of the molecule is CCCCc1ccc(NC(=O)N2CCN(c3cccc(C(F)(F)F)c3)CC2)c(C)c1. The van der Waals surface area contributed by atoms with E-state index in [0.29, 0.717) is 31.9 Å². The Labute approximate surface area is 175 Å². The van der Waals surface area contributed by atoms with Crippen LogP contribution in [0.2, 0.25) is 0 Å². The Morgan fingerprint density at radius 1 is 1.07 bits per heavy atom. The van der Waals surface area contributed by atoms with Gasteiger partial charge in [-0.15, -0.1) is 0 Å². The van der Waals surface area contributed by atoms with Crippen molar-refractivity contribution in [3.05, 3.63) is 59.2 Å². The molecule has 0 radical (unpaired) electrons. The lowest BCUT2D eigenvalue weighted by molar-refractivity contribution is -0.137. The maximum absolute atomic E-state index is 12.9. The number of rotatable bonds is 5. The number of nitrogens with zero attached hydrogens (tertiary/aromatic N) is 2. The lowest BCUT2D eigenvalue weighted by Crippen LogP contribution is -2.50. The summed E-state index contributed by atoms with van der Waals surface area (Å²) in [6, 6.07) is 11.3. The predicted molar refractivity (Wildman–Crippen MR) is 114 cm³/mol. The van der Waals surface area contributed by atoms with E-state index in [-0.39, 0.29) is 6.03 Å². The molecule has 30 heavy (non-hydrogen) atoms. The Bertz CT molecular complexity index is 874. The highest BCUT2D eigenvalue weighted by molar-refractivity contribution is 5.90. The Hall–Kier alpha value is -2.70. The second-order valence-electron chi connectivity index (χ2n) is 7.71. The lowest BCUT2D eigenvalue weighted by Gasteiger charge is -2.36. The summed E-state index contributed by atoms with van der Waals surface area (Å²) in [7, 11) is 0. The van der Waals surface area contributed by atoms with Gasteiger partial charge in [-0.3, -0.25) is 0 Å². The molecule has 2 aromatic carbocycles. The standard InChI is InChI=1S/C23H28F3N3O/c1-3-4-6-18-9-10-21(17(2)15-18)27-22(30)29-13-11-28(12-14-29)20-8-5-7-19(16-20)23(24,25)26/h5,7-10,15-16H,3-4,6,11-14H2,1-2H3,(H,27,30). The average molecular weight is 419 g/mol. The van der Waals surface area contributed by atoms with Crippen molar-refractivity contribution in [2.45, 2.75) is 39.3 Å². The molecule has 2 amide bonds. The zero-order valence-electron chi connectivity index (χ0n) is 17.4. The topological polar surface area (TPSA) is 35.6 Å². The van der Waals surface area contributed by atoms with Gasteiger partial charge in [0.15, 0.2) is 0 Å². The molecule has 4 nitrogen and oxygen atoms in total. The lowest BCUT2D eigenvalue weighted by atomic mass is 10.0. The van der Waals surface area contributed by atoms with Crippen LogP contribution in [-0.4, -0.2) is 37.1 Å². The number of aryl methyl sites for hydroxylation is 2. The van der Waals surface area contributed by atoms with E-state index in [2.05, 4.69) is 18.3 Å². The minimum Gasteiger partial charge on any atom is -0.368 e. The molecule has 3 rings (SSSR count). The second-order valence-corrected chi connectivity index (χ2v) is 7.71. The van der Waals surface area contributed by atoms with Crippen molar-refractivity contribution in [3.8, 4) is 0 Å². The smallest absolute Gasteiger partial charge is 0.368 e. The maximum Gasteiger partial charge on any atom is 0.416 e. The first-order valence-electron chi connectivity index (χ1n) is 10.4. The van der Waals surface area contributed by atoms with E-state index in [9.17, 15) is 18.0 Å². The molecule has 7 heteroatoms. The third-order valence-corrected chi connectivity index (χ3v) is 5.46. The third-order valence-electron chi connectivity index (χ3n) is 5.46. The third kappa shape index (κ3) is 5.46. The molecule has 1 fully saturated rings. The van der Waals surface area contributed by atoms with Gasteiger partial charge in [-0.05, 0) is 55.2 Å². The van der Waals surface area contributed by atoms with Crippen LogP contribution in [0.1, 0.15) is 36.5 Å². The molecular formula is C23H28F3N3O. The molecule has 162 valence electrons. The summed E-state index contributed by atoms with van der Waals surface area (Å²) in [6.07, 6.45) is -1.05. The number of carbonyl (C=O) groups excluding carboxylic acids is 1. The van der Waals surface area contributed by atoms with Gasteiger partial charge in [-0.1, -0.05) is 31.5 Å². The summed E-state index contributed by atoms with van der Waals surface area (Å²) in [5, 5.41) is 2.97. The van der Waals surface area contributed by atoms with Gasteiger partial charge >= 0.3 is 12.2 Å². The molecule has 0 unspecified atom stereocenters. The maximum atomic E-state index is 12.9. The number of benzene rings is 2. The Kier molecular flexibility index (Phi) is 6.90. The molecule has 1 saturated heterocycles. The highest BCUT2D eigenvalue weighted by Gasteiger charge is 2.31. The minimum absolute atomic E-state index is 0.178. The summed E-state index contributed by atoms with van der Waals surface area (Å²) in [5.41, 5.74) is 2.96. The van der Waals surface area contributed by atoms with E-state index in [1.807, 2.05) is 24.0 Å². The first kappa shape index (κ1) is 22.0. The molecule has 0 bridgehead atoms. The summed E-state index contributed by atoms with van der Waals surface area (Å²) >= 11 is 0. The number of hydrogen-bond donors (Lipinski definition) is 1. The van der Waals surface area contributed by atoms with E-state index < -0.39 is 11.7 Å². The number of halogens is 3. The summed E-state index contributed by atoms with van der Waals surface area (Å²) < 4.78 is 38.8. The Balaban J connectivity index is 1.57. The second kappa shape index (κ2) is 9.41. The molecule has 1 N–H and O–H groups in total. The molecule has 1 aliphatic rings. The number of piperazine rings is 1. The monoisotopic (exact) mass is 419 g/mol. The number of carbonyl (C=O) groups is 1. The zero-order valence-corrected chi connectivity index (χ0v) is 17.4. The number of hydrogen-bond acceptors (Lipinski definition) is 2. The first-order chi connectivity index (χ1) is 14.3. The van der Waals surface area contributed by atoms with Crippen LogP contribution < -0.4 is 10.2 Å². The molecular weight excluding hydrogens is 391 g/mol. The predicted octanol–water partition coefficient (Wildman–Crippen LogP) is 5.71. The fourth-order valence-corrected chi connectivity index (χ4v) is 3.64. The van der Waals surface area contributed by atoms with Crippen LogP contribution in [-0.2, 0) is 12.6 Å². The molecule has 0 spiro atoms. The van der Waals surface area contributed by atoms with Crippen molar-refractivity contribution in [1.29, 1.82) is 0 Å².